The Bertz CT molecular complexity index is 1290. The maximum Gasteiger partial charge on any atom is 0.326 e. The van der Waals surface area contributed by atoms with Crippen LogP contribution in [0.1, 0.15) is 30.9 Å². The van der Waals surface area contributed by atoms with Crippen LogP contribution in [0.25, 0.3) is 11.1 Å². The number of anilines is 2. The first-order valence-corrected chi connectivity index (χ1v) is 13.2. The number of nitrogens with one attached hydrogen (secondary N) is 1. The van der Waals surface area contributed by atoms with E-state index in [-0.39, 0.29) is 24.5 Å². The molecule has 1 fully saturated rings. The van der Waals surface area contributed by atoms with Crippen LogP contribution in [0, 0.1) is 5.92 Å². The molecule has 1 saturated heterocycles. The molecule has 0 spiro atoms. The summed E-state index contributed by atoms with van der Waals surface area (Å²) >= 11 is 19.8. The van der Waals surface area contributed by atoms with E-state index < -0.39 is 0 Å². The molecule has 2 N–H and O–H groups in total. The summed E-state index contributed by atoms with van der Waals surface area (Å²) < 4.78 is 0. The lowest BCUT2D eigenvalue weighted by Crippen LogP contribution is -2.42. The molecule has 5 rings (SSSR count). The van der Waals surface area contributed by atoms with Crippen molar-refractivity contribution in [1.82, 2.24) is 10.2 Å². The molecular formula is C28H28Cl3N3O2. The summed E-state index contributed by atoms with van der Waals surface area (Å²) in [5, 5.41) is 14.6. The predicted molar refractivity (Wildman–Crippen MR) is 148 cm³/mol. The smallest absolute Gasteiger partial charge is 0.326 e. The van der Waals surface area contributed by atoms with Crippen molar-refractivity contribution in [1.29, 1.82) is 0 Å². The van der Waals surface area contributed by atoms with Gasteiger partial charge in [-0.3, -0.25) is 9.80 Å². The van der Waals surface area contributed by atoms with Crippen LogP contribution in [0.5, 0.6) is 0 Å². The first-order valence-electron chi connectivity index (χ1n) is 12.1. The van der Waals surface area contributed by atoms with Crippen molar-refractivity contribution >= 4 is 52.2 Å². The average Bonchev–Trinajstić information content (AvgIpc) is 3.30. The quantitative estimate of drug-likeness (QED) is 0.360. The molecule has 0 saturated carbocycles. The predicted octanol–water partition coefficient (Wildman–Crippen LogP) is 7.09. The van der Waals surface area contributed by atoms with Gasteiger partial charge in [0.25, 0.3) is 0 Å². The monoisotopic (exact) mass is 543 g/mol. The van der Waals surface area contributed by atoms with Crippen molar-refractivity contribution in [3.63, 3.8) is 0 Å². The molecule has 36 heavy (non-hydrogen) atoms. The van der Waals surface area contributed by atoms with E-state index in [1.54, 1.807) is 23.1 Å². The van der Waals surface area contributed by atoms with Gasteiger partial charge < -0.3 is 10.4 Å². The van der Waals surface area contributed by atoms with Gasteiger partial charge in [-0.2, -0.15) is 0 Å². The Morgan fingerprint density at radius 3 is 2.33 bits per heavy atom. The number of carbonyl (C=O) groups is 1. The number of carbonyl (C=O) groups excluding carboxylic acids is 1. The highest BCUT2D eigenvalue weighted by molar-refractivity contribution is 6.40. The maximum atomic E-state index is 13.3. The van der Waals surface area contributed by atoms with E-state index in [4.69, 9.17) is 34.8 Å². The fraction of sp³-hybridized carbons (Fsp3) is 0.321. The molecule has 188 valence electrons. The zero-order valence-electron chi connectivity index (χ0n) is 20.1. The van der Waals surface area contributed by atoms with Crippen LogP contribution in [0.2, 0.25) is 15.1 Å². The minimum absolute atomic E-state index is 0.0827. The van der Waals surface area contributed by atoms with Gasteiger partial charge in [0, 0.05) is 60.3 Å². The lowest BCUT2D eigenvalue weighted by molar-refractivity contribution is 0.205. The van der Waals surface area contributed by atoms with Crippen molar-refractivity contribution in [2.24, 2.45) is 5.92 Å². The van der Waals surface area contributed by atoms with Crippen LogP contribution in [-0.2, 0) is 6.54 Å². The fourth-order valence-electron chi connectivity index (χ4n) is 5.36. The number of likely N-dealkylation sites (tertiary alicyclic amines) is 1. The average molecular weight is 545 g/mol. The van der Waals surface area contributed by atoms with Crippen LogP contribution in [0.3, 0.4) is 0 Å². The number of hydrogen-bond donors (Lipinski definition) is 2. The number of para-hydroxylation sites is 1. The van der Waals surface area contributed by atoms with Gasteiger partial charge in [-0.15, -0.1) is 0 Å². The highest BCUT2D eigenvalue weighted by atomic mass is 35.5. The SMILES string of the molecule is CC(C)N1CC(CO)C(c2cc(-c3ccccc3Cl)c3c(c2)N(c2c(Cl)cccc2Cl)C(=O)NC3)C1. The molecule has 2 aliphatic heterocycles. The number of benzene rings is 3. The second-order valence-electron chi connectivity index (χ2n) is 9.71. The zero-order chi connectivity index (χ0) is 25.6. The summed E-state index contributed by atoms with van der Waals surface area (Å²) in [6.45, 7) is 6.42. The van der Waals surface area contributed by atoms with Crippen molar-refractivity contribution in [2.45, 2.75) is 32.4 Å². The molecule has 0 aromatic heterocycles. The Morgan fingerprint density at radius 1 is 0.972 bits per heavy atom. The highest BCUT2D eigenvalue weighted by Gasteiger charge is 2.37. The number of halogens is 3. The number of aliphatic hydroxyl groups excluding tert-OH is 1. The number of amides is 2. The van der Waals surface area contributed by atoms with Crippen molar-refractivity contribution < 1.29 is 9.90 Å². The van der Waals surface area contributed by atoms with E-state index in [0.29, 0.717) is 33.3 Å². The van der Waals surface area contributed by atoms with Gasteiger partial charge in [-0.05, 0) is 49.2 Å². The van der Waals surface area contributed by atoms with Crippen LogP contribution < -0.4 is 10.2 Å². The lowest BCUT2D eigenvalue weighted by atomic mass is 9.85. The third-order valence-electron chi connectivity index (χ3n) is 7.30. The molecule has 5 nitrogen and oxygen atoms in total. The van der Waals surface area contributed by atoms with Crippen LogP contribution >= 0.6 is 34.8 Å². The number of nitrogens with zero attached hydrogens (tertiary/aromatic N) is 2. The summed E-state index contributed by atoms with van der Waals surface area (Å²) in [6.07, 6.45) is 0. The molecular weight excluding hydrogens is 517 g/mol. The molecule has 2 aliphatic rings. The number of hydrogen-bond acceptors (Lipinski definition) is 3. The Kier molecular flexibility index (Phi) is 7.21. The largest absolute Gasteiger partial charge is 0.396 e. The molecule has 2 atom stereocenters. The minimum atomic E-state index is -0.298. The normalized spacial score (nSPS) is 20.1. The Balaban J connectivity index is 1.75. The van der Waals surface area contributed by atoms with Crippen molar-refractivity contribution in [3.8, 4) is 11.1 Å². The van der Waals surface area contributed by atoms with Gasteiger partial charge in [-0.1, -0.05) is 65.1 Å². The third-order valence-corrected chi connectivity index (χ3v) is 8.24. The van der Waals surface area contributed by atoms with Crippen molar-refractivity contribution in [3.05, 3.63) is 80.8 Å². The molecule has 8 heteroatoms. The van der Waals surface area contributed by atoms with Gasteiger partial charge in [0.05, 0.1) is 21.4 Å². The van der Waals surface area contributed by atoms with Crippen LogP contribution in [0.4, 0.5) is 16.2 Å². The Hall–Kier alpha value is -2.28. The maximum absolute atomic E-state index is 13.3. The molecule has 2 unspecified atom stereocenters. The Morgan fingerprint density at radius 2 is 1.67 bits per heavy atom. The van der Waals surface area contributed by atoms with Gasteiger partial charge in [0.2, 0.25) is 0 Å². The topological polar surface area (TPSA) is 55.8 Å². The van der Waals surface area contributed by atoms with Crippen LogP contribution in [-0.4, -0.2) is 41.8 Å². The summed E-state index contributed by atoms with van der Waals surface area (Å²) in [6, 6.07) is 17.2. The van der Waals surface area contributed by atoms with E-state index in [0.717, 1.165) is 41.0 Å². The molecule has 0 radical (unpaired) electrons. The number of fused-ring (bicyclic) bond motifs is 1. The zero-order valence-corrected chi connectivity index (χ0v) is 22.4. The molecule has 0 aliphatic carbocycles. The number of rotatable bonds is 5. The van der Waals surface area contributed by atoms with Gasteiger partial charge in [-0.25, -0.2) is 4.79 Å². The van der Waals surface area contributed by atoms with E-state index in [2.05, 4.69) is 36.2 Å². The summed E-state index contributed by atoms with van der Waals surface area (Å²) in [5.41, 5.74) is 4.98. The van der Waals surface area contributed by atoms with E-state index >= 15 is 0 Å². The van der Waals surface area contributed by atoms with Gasteiger partial charge >= 0.3 is 6.03 Å². The third kappa shape index (κ3) is 4.48. The summed E-state index contributed by atoms with van der Waals surface area (Å²) in [7, 11) is 0. The molecule has 2 amide bonds. The molecule has 0 bridgehead atoms. The van der Waals surface area contributed by atoms with Gasteiger partial charge in [0.15, 0.2) is 0 Å². The minimum Gasteiger partial charge on any atom is -0.396 e. The van der Waals surface area contributed by atoms with E-state index in [9.17, 15) is 9.90 Å². The second-order valence-corrected chi connectivity index (χ2v) is 10.9. The number of aliphatic hydroxyl groups is 1. The summed E-state index contributed by atoms with van der Waals surface area (Å²) in [5.74, 6) is 0.178. The van der Waals surface area contributed by atoms with Gasteiger partial charge in [0.1, 0.15) is 0 Å². The van der Waals surface area contributed by atoms with E-state index in [1.807, 2.05) is 24.3 Å². The molecule has 3 aromatic carbocycles. The number of urea groups is 1. The lowest BCUT2D eigenvalue weighted by Gasteiger charge is -2.34. The summed E-state index contributed by atoms with van der Waals surface area (Å²) in [4.78, 5) is 17.2. The van der Waals surface area contributed by atoms with Crippen molar-refractivity contribution in [2.75, 3.05) is 24.6 Å². The van der Waals surface area contributed by atoms with E-state index in [1.165, 1.54) is 0 Å². The first kappa shape index (κ1) is 25.4. The Labute approximate surface area is 226 Å². The standard InChI is InChI=1S/C28H28Cl3N3O2/c1-16(2)33-13-18(15-35)22(14-33)17-10-20(19-6-3-4-7-23(19)29)21-12-32-28(36)34(26(21)11-17)27-24(30)8-5-9-25(27)31/h3-11,16,18,22,35H,12-15H2,1-2H3,(H,32,36). The highest BCUT2D eigenvalue weighted by Crippen LogP contribution is 2.47. The second kappa shape index (κ2) is 10.2. The van der Waals surface area contributed by atoms with Crippen LogP contribution in [0.15, 0.2) is 54.6 Å². The first-order chi connectivity index (χ1) is 17.3. The molecule has 2 heterocycles. The molecule has 3 aromatic rings. The fourth-order valence-corrected chi connectivity index (χ4v) is 6.17.